The van der Waals surface area contributed by atoms with Gasteiger partial charge in [-0.15, -0.1) is 0 Å². The predicted molar refractivity (Wildman–Crippen MR) is 108 cm³/mol. The molecule has 0 bridgehead atoms. The van der Waals surface area contributed by atoms with Crippen molar-refractivity contribution < 1.29 is 18.7 Å². The van der Waals surface area contributed by atoms with Crippen LogP contribution in [0.25, 0.3) is 0 Å². The second-order valence-corrected chi connectivity index (χ2v) is 7.65. The van der Waals surface area contributed by atoms with Crippen LogP contribution in [0.2, 0.25) is 0 Å². The number of benzene rings is 1. The number of rotatable bonds is 3. The number of halogens is 1. The van der Waals surface area contributed by atoms with Crippen molar-refractivity contribution in [1.29, 1.82) is 0 Å². The molecule has 0 N–H and O–H groups in total. The van der Waals surface area contributed by atoms with Crippen LogP contribution >= 0.6 is 0 Å². The summed E-state index contributed by atoms with van der Waals surface area (Å²) in [5, 5.41) is 0. The number of aromatic nitrogens is 2. The van der Waals surface area contributed by atoms with E-state index < -0.39 is 0 Å². The summed E-state index contributed by atoms with van der Waals surface area (Å²) in [6.07, 6.45) is 4.19. The minimum Gasteiger partial charge on any atom is -0.378 e. The molecule has 3 heterocycles. The van der Waals surface area contributed by atoms with Crippen LogP contribution in [0.15, 0.2) is 30.5 Å². The summed E-state index contributed by atoms with van der Waals surface area (Å²) in [5.74, 6) is -0.0814. The molecule has 2 aliphatic heterocycles. The van der Waals surface area contributed by atoms with Crippen LogP contribution in [0.5, 0.6) is 0 Å². The molecule has 2 saturated heterocycles. The SMILES string of the molecule is Cc1nc([C@@H]2CCCCN2C(=O)c2ccc(F)cc2)ncc1C(=O)N1CCOCC1. The second-order valence-electron chi connectivity index (χ2n) is 7.65. The van der Waals surface area contributed by atoms with E-state index >= 15 is 0 Å². The standard InChI is InChI=1S/C22H25FN4O3/c1-15-18(22(29)26-10-12-30-13-11-26)14-24-20(25-15)19-4-2-3-9-27(19)21(28)16-5-7-17(23)8-6-16/h5-8,14,19H,2-4,9-13H2,1H3/t19-/m0/s1. The Labute approximate surface area is 174 Å². The van der Waals surface area contributed by atoms with Crippen LogP contribution in [-0.2, 0) is 4.74 Å². The molecule has 2 amide bonds. The van der Waals surface area contributed by atoms with Gasteiger partial charge in [0.15, 0.2) is 5.82 Å². The highest BCUT2D eigenvalue weighted by Crippen LogP contribution is 2.30. The van der Waals surface area contributed by atoms with Crippen molar-refractivity contribution in [3.63, 3.8) is 0 Å². The molecule has 2 fully saturated rings. The maximum absolute atomic E-state index is 13.2. The molecule has 0 saturated carbocycles. The molecular formula is C22H25FN4O3. The lowest BCUT2D eigenvalue weighted by molar-refractivity contribution is 0.0301. The summed E-state index contributed by atoms with van der Waals surface area (Å²) in [6.45, 7) is 4.58. The topological polar surface area (TPSA) is 75.6 Å². The van der Waals surface area contributed by atoms with Gasteiger partial charge in [0.05, 0.1) is 30.5 Å². The number of hydrogen-bond acceptors (Lipinski definition) is 5. The number of morpholine rings is 1. The molecule has 8 heteroatoms. The first-order valence-electron chi connectivity index (χ1n) is 10.3. The third-order valence-electron chi connectivity index (χ3n) is 5.68. The van der Waals surface area contributed by atoms with Gasteiger partial charge in [-0.2, -0.15) is 0 Å². The third kappa shape index (κ3) is 4.18. The van der Waals surface area contributed by atoms with E-state index in [1.807, 2.05) is 0 Å². The molecule has 158 valence electrons. The Kier molecular flexibility index (Phi) is 6.03. The van der Waals surface area contributed by atoms with Gasteiger partial charge in [-0.1, -0.05) is 0 Å². The van der Waals surface area contributed by atoms with Crippen LogP contribution in [0, 0.1) is 12.7 Å². The van der Waals surface area contributed by atoms with Gasteiger partial charge in [0, 0.05) is 31.4 Å². The molecular weight excluding hydrogens is 387 g/mol. The number of nitrogens with zero attached hydrogens (tertiary/aromatic N) is 4. The van der Waals surface area contributed by atoms with Crippen molar-refractivity contribution in [3.05, 3.63) is 58.9 Å². The molecule has 1 atom stereocenters. The minimum atomic E-state index is -0.374. The number of aryl methyl sites for hydroxylation is 1. The van der Waals surface area contributed by atoms with E-state index in [0.29, 0.717) is 55.5 Å². The number of hydrogen-bond donors (Lipinski definition) is 0. The average molecular weight is 412 g/mol. The minimum absolute atomic E-state index is 0.0924. The van der Waals surface area contributed by atoms with E-state index in [0.717, 1.165) is 19.3 Å². The average Bonchev–Trinajstić information content (AvgIpc) is 2.79. The Hall–Kier alpha value is -2.87. The zero-order valence-corrected chi connectivity index (χ0v) is 17.0. The van der Waals surface area contributed by atoms with Crippen LogP contribution in [-0.4, -0.2) is 64.4 Å². The van der Waals surface area contributed by atoms with Crippen molar-refractivity contribution in [2.24, 2.45) is 0 Å². The Morgan fingerprint density at radius 2 is 1.80 bits per heavy atom. The van der Waals surface area contributed by atoms with Gasteiger partial charge in [-0.3, -0.25) is 9.59 Å². The number of carbonyl (C=O) groups is 2. The molecule has 30 heavy (non-hydrogen) atoms. The normalized spacial score (nSPS) is 19.6. The highest BCUT2D eigenvalue weighted by Gasteiger charge is 2.31. The maximum atomic E-state index is 13.2. The number of carbonyl (C=O) groups excluding carboxylic acids is 2. The van der Waals surface area contributed by atoms with Gasteiger partial charge in [-0.05, 0) is 50.5 Å². The fourth-order valence-corrected chi connectivity index (χ4v) is 3.99. The lowest BCUT2D eigenvalue weighted by Crippen LogP contribution is -2.41. The molecule has 2 aromatic rings. The lowest BCUT2D eigenvalue weighted by Gasteiger charge is -2.35. The van der Waals surface area contributed by atoms with Gasteiger partial charge >= 0.3 is 0 Å². The van der Waals surface area contributed by atoms with E-state index in [1.54, 1.807) is 22.9 Å². The predicted octanol–water partition coefficient (Wildman–Crippen LogP) is 2.76. The van der Waals surface area contributed by atoms with Crippen molar-refractivity contribution in [2.75, 3.05) is 32.8 Å². The Morgan fingerprint density at radius 3 is 2.50 bits per heavy atom. The van der Waals surface area contributed by atoms with E-state index in [2.05, 4.69) is 9.97 Å². The zero-order valence-electron chi connectivity index (χ0n) is 17.0. The molecule has 0 unspecified atom stereocenters. The van der Waals surface area contributed by atoms with Crippen LogP contribution in [0.1, 0.15) is 57.5 Å². The maximum Gasteiger partial charge on any atom is 0.257 e. The van der Waals surface area contributed by atoms with Gasteiger partial charge in [-0.25, -0.2) is 14.4 Å². The number of likely N-dealkylation sites (tertiary alicyclic amines) is 1. The molecule has 0 radical (unpaired) electrons. The van der Waals surface area contributed by atoms with Gasteiger partial charge < -0.3 is 14.5 Å². The highest BCUT2D eigenvalue weighted by molar-refractivity contribution is 5.95. The highest BCUT2D eigenvalue weighted by atomic mass is 19.1. The number of amides is 2. The Morgan fingerprint density at radius 1 is 1.07 bits per heavy atom. The molecule has 1 aromatic heterocycles. The van der Waals surface area contributed by atoms with Crippen molar-refractivity contribution in [1.82, 2.24) is 19.8 Å². The number of ether oxygens (including phenoxy) is 1. The summed E-state index contributed by atoms with van der Waals surface area (Å²) in [7, 11) is 0. The molecule has 1 aromatic carbocycles. The number of piperidine rings is 1. The molecule has 0 spiro atoms. The summed E-state index contributed by atoms with van der Waals surface area (Å²) in [5.41, 5.74) is 1.53. The van der Waals surface area contributed by atoms with E-state index in [4.69, 9.17) is 4.74 Å². The van der Waals surface area contributed by atoms with E-state index in [-0.39, 0.29) is 23.7 Å². The molecule has 0 aliphatic carbocycles. The molecule has 2 aliphatic rings. The Bertz CT molecular complexity index is 928. The molecule has 4 rings (SSSR count). The summed E-state index contributed by atoms with van der Waals surface area (Å²) in [6, 6.07) is 5.32. The van der Waals surface area contributed by atoms with E-state index in [1.165, 1.54) is 24.3 Å². The fraction of sp³-hybridized carbons (Fsp3) is 0.455. The fourth-order valence-electron chi connectivity index (χ4n) is 3.99. The third-order valence-corrected chi connectivity index (χ3v) is 5.68. The van der Waals surface area contributed by atoms with Gasteiger partial charge in [0.25, 0.3) is 11.8 Å². The summed E-state index contributed by atoms with van der Waals surface area (Å²) >= 11 is 0. The molecule has 7 nitrogen and oxygen atoms in total. The lowest BCUT2D eigenvalue weighted by atomic mass is 9.99. The quantitative estimate of drug-likeness (QED) is 0.775. The second kappa shape index (κ2) is 8.87. The van der Waals surface area contributed by atoms with Crippen LogP contribution < -0.4 is 0 Å². The Balaban J connectivity index is 1.56. The van der Waals surface area contributed by atoms with Crippen LogP contribution in [0.3, 0.4) is 0 Å². The van der Waals surface area contributed by atoms with Gasteiger partial charge in [0.2, 0.25) is 0 Å². The van der Waals surface area contributed by atoms with Gasteiger partial charge in [0.1, 0.15) is 5.82 Å². The largest absolute Gasteiger partial charge is 0.378 e. The first kappa shape index (κ1) is 20.4. The monoisotopic (exact) mass is 412 g/mol. The smallest absolute Gasteiger partial charge is 0.257 e. The van der Waals surface area contributed by atoms with Crippen molar-refractivity contribution in [3.8, 4) is 0 Å². The van der Waals surface area contributed by atoms with Crippen molar-refractivity contribution >= 4 is 11.8 Å². The summed E-state index contributed by atoms with van der Waals surface area (Å²) < 4.78 is 18.5. The first-order valence-corrected chi connectivity index (χ1v) is 10.3. The zero-order chi connectivity index (χ0) is 21.1. The van der Waals surface area contributed by atoms with E-state index in [9.17, 15) is 14.0 Å². The van der Waals surface area contributed by atoms with Crippen molar-refractivity contribution in [2.45, 2.75) is 32.2 Å². The first-order chi connectivity index (χ1) is 14.5. The van der Waals surface area contributed by atoms with Crippen LogP contribution in [0.4, 0.5) is 4.39 Å². The summed E-state index contributed by atoms with van der Waals surface area (Å²) in [4.78, 5) is 38.4.